The molecular weight excluding hydrogens is 332 g/mol. The van der Waals surface area contributed by atoms with Crippen LogP contribution in [-0.4, -0.2) is 25.8 Å². The molecule has 0 N–H and O–H groups in total. The molecule has 1 aromatic heterocycles. The average molecular weight is 345 g/mol. The number of benzene rings is 2. The highest BCUT2D eigenvalue weighted by Gasteiger charge is 2.20. The number of Topliss-reactive ketones (excluding diaryl/α,β-unsaturated/α-hetero) is 1. The lowest BCUT2D eigenvalue weighted by Gasteiger charge is -2.11. The standard InChI is InChI=1S/C17H13F2N3OS/c1-11(16(23)12-6-8-13(18)9-7-12)24-17-21-20-10-22(17)15-5-3-2-4-14(15)19/h2-11H,1H3. The molecule has 0 bridgehead atoms. The number of halogens is 2. The van der Waals surface area contributed by atoms with Gasteiger partial charge in [-0.15, -0.1) is 10.2 Å². The van der Waals surface area contributed by atoms with Crippen LogP contribution in [0.15, 0.2) is 60.0 Å². The molecule has 0 saturated carbocycles. The van der Waals surface area contributed by atoms with E-state index in [0.717, 1.165) is 0 Å². The van der Waals surface area contributed by atoms with E-state index in [1.54, 1.807) is 25.1 Å². The molecule has 0 radical (unpaired) electrons. The first-order valence-electron chi connectivity index (χ1n) is 7.17. The number of ketones is 1. The number of carbonyl (C=O) groups excluding carboxylic acids is 1. The van der Waals surface area contributed by atoms with Crippen LogP contribution >= 0.6 is 11.8 Å². The van der Waals surface area contributed by atoms with Crippen LogP contribution in [0, 0.1) is 11.6 Å². The zero-order valence-electron chi connectivity index (χ0n) is 12.7. The number of rotatable bonds is 5. The van der Waals surface area contributed by atoms with Crippen molar-refractivity contribution in [3.05, 3.63) is 72.1 Å². The smallest absolute Gasteiger partial charge is 0.196 e. The van der Waals surface area contributed by atoms with Crippen molar-refractivity contribution < 1.29 is 13.6 Å². The van der Waals surface area contributed by atoms with Gasteiger partial charge in [-0.2, -0.15) is 0 Å². The van der Waals surface area contributed by atoms with E-state index in [1.165, 1.54) is 53.0 Å². The second kappa shape index (κ2) is 6.92. The summed E-state index contributed by atoms with van der Waals surface area (Å²) in [4.78, 5) is 12.4. The fraction of sp³-hybridized carbons (Fsp3) is 0.118. The minimum Gasteiger partial charge on any atom is -0.293 e. The Hall–Kier alpha value is -2.54. The summed E-state index contributed by atoms with van der Waals surface area (Å²) < 4.78 is 28.4. The van der Waals surface area contributed by atoms with Gasteiger partial charge in [0.25, 0.3) is 0 Å². The van der Waals surface area contributed by atoms with Crippen LogP contribution in [0.25, 0.3) is 5.69 Å². The van der Waals surface area contributed by atoms with Gasteiger partial charge in [-0.05, 0) is 43.3 Å². The number of carbonyl (C=O) groups is 1. The van der Waals surface area contributed by atoms with Crippen LogP contribution in [0.3, 0.4) is 0 Å². The Kier molecular flexibility index (Phi) is 4.71. The summed E-state index contributed by atoms with van der Waals surface area (Å²) in [7, 11) is 0. The molecular formula is C17H13F2N3OS. The van der Waals surface area contributed by atoms with Crippen LogP contribution in [0.1, 0.15) is 17.3 Å². The van der Waals surface area contributed by atoms with E-state index in [9.17, 15) is 13.6 Å². The van der Waals surface area contributed by atoms with Crippen molar-refractivity contribution in [2.45, 2.75) is 17.3 Å². The van der Waals surface area contributed by atoms with Crippen LogP contribution in [0.2, 0.25) is 0 Å². The van der Waals surface area contributed by atoms with Gasteiger partial charge in [0.05, 0.1) is 10.9 Å². The van der Waals surface area contributed by atoms with Crippen molar-refractivity contribution in [2.75, 3.05) is 0 Å². The van der Waals surface area contributed by atoms with E-state index in [1.807, 2.05) is 0 Å². The quantitative estimate of drug-likeness (QED) is 0.520. The summed E-state index contributed by atoms with van der Waals surface area (Å²) in [5.74, 6) is -0.967. The van der Waals surface area contributed by atoms with Crippen molar-refractivity contribution in [2.24, 2.45) is 0 Å². The van der Waals surface area contributed by atoms with Crippen LogP contribution in [-0.2, 0) is 0 Å². The molecule has 4 nitrogen and oxygen atoms in total. The highest BCUT2D eigenvalue weighted by molar-refractivity contribution is 8.00. The second-order valence-corrected chi connectivity index (χ2v) is 6.37. The molecule has 1 unspecified atom stereocenters. The van der Waals surface area contributed by atoms with Crippen molar-refractivity contribution in [1.82, 2.24) is 14.8 Å². The SMILES string of the molecule is CC(Sc1nncn1-c1ccccc1F)C(=O)c1ccc(F)cc1. The number of nitrogens with zero attached hydrogens (tertiary/aromatic N) is 3. The Morgan fingerprint density at radius 1 is 1.12 bits per heavy atom. The molecule has 2 aromatic carbocycles. The highest BCUT2D eigenvalue weighted by Crippen LogP contribution is 2.26. The fourth-order valence-corrected chi connectivity index (χ4v) is 3.09. The molecule has 0 aliphatic carbocycles. The van der Waals surface area contributed by atoms with Crippen LogP contribution in [0.5, 0.6) is 0 Å². The number of thioether (sulfide) groups is 1. The summed E-state index contributed by atoms with van der Waals surface area (Å²) in [6, 6.07) is 11.6. The molecule has 1 heterocycles. The first-order chi connectivity index (χ1) is 11.6. The van der Waals surface area contributed by atoms with E-state index in [4.69, 9.17) is 0 Å². The molecule has 0 aliphatic rings. The van der Waals surface area contributed by atoms with Gasteiger partial charge in [-0.25, -0.2) is 8.78 Å². The summed E-state index contributed by atoms with van der Waals surface area (Å²) >= 11 is 1.17. The topological polar surface area (TPSA) is 47.8 Å². The highest BCUT2D eigenvalue weighted by atomic mass is 32.2. The van der Waals surface area contributed by atoms with Crippen LogP contribution < -0.4 is 0 Å². The zero-order chi connectivity index (χ0) is 17.1. The second-order valence-electron chi connectivity index (χ2n) is 5.07. The van der Waals surface area contributed by atoms with E-state index in [2.05, 4.69) is 10.2 Å². The number of para-hydroxylation sites is 1. The molecule has 0 spiro atoms. The number of aromatic nitrogens is 3. The average Bonchev–Trinajstić information content (AvgIpc) is 3.03. The third-order valence-corrected chi connectivity index (χ3v) is 4.47. The normalized spacial score (nSPS) is 12.1. The molecule has 7 heteroatoms. The molecule has 0 aliphatic heterocycles. The van der Waals surface area contributed by atoms with Gasteiger partial charge in [-0.3, -0.25) is 9.36 Å². The first-order valence-corrected chi connectivity index (χ1v) is 8.05. The summed E-state index contributed by atoms with van der Waals surface area (Å²) in [5, 5.41) is 7.69. The molecule has 3 rings (SSSR count). The van der Waals surface area contributed by atoms with Crippen molar-refractivity contribution >= 4 is 17.5 Å². The minimum absolute atomic E-state index is 0.164. The monoisotopic (exact) mass is 345 g/mol. The maximum Gasteiger partial charge on any atom is 0.196 e. The van der Waals surface area contributed by atoms with Crippen molar-refractivity contribution in [3.8, 4) is 5.69 Å². The molecule has 0 amide bonds. The van der Waals surface area contributed by atoms with E-state index >= 15 is 0 Å². The predicted octanol–water partition coefficient (Wildman–Crippen LogP) is 3.91. The Morgan fingerprint density at radius 2 is 1.83 bits per heavy atom. The predicted molar refractivity (Wildman–Crippen MR) is 87.4 cm³/mol. The number of hydrogen-bond acceptors (Lipinski definition) is 4. The molecule has 0 saturated heterocycles. The van der Waals surface area contributed by atoms with Crippen molar-refractivity contribution in [3.63, 3.8) is 0 Å². The molecule has 0 fully saturated rings. The van der Waals surface area contributed by atoms with Gasteiger partial charge in [-0.1, -0.05) is 23.9 Å². The first kappa shape index (κ1) is 16.3. The minimum atomic E-state index is -0.481. The Bertz CT molecular complexity index is 864. The lowest BCUT2D eigenvalue weighted by atomic mass is 10.1. The van der Waals surface area contributed by atoms with Crippen molar-refractivity contribution in [1.29, 1.82) is 0 Å². The molecule has 3 aromatic rings. The number of hydrogen-bond donors (Lipinski definition) is 0. The molecule has 24 heavy (non-hydrogen) atoms. The Morgan fingerprint density at radius 3 is 2.54 bits per heavy atom. The van der Waals surface area contributed by atoms with Gasteiger partial charge >= 0.3 is 0 Å². The largest absolute Gasteiger partial charge is 0.293 e. The van der Waals surface area contributed by atoms with Gasteiger partial charge < -0.3 is 0 Å². The Balaban J connectivity index is 1.82. The fourth-order valence-electron chi connectivity index (χ4n) is 2.18. The summed E-state index contributed by atoms with van der Waals surface area (Å²) in [6.45, 7) is 1.72. The van der Waals surface area contributed by atoms with E-state index in [-0.39, 0.29) is 5.78 Å². The summed E-state index contributed by atoms with van der Waals surface area (Å²) in [6.07, 6.45) is 1.40. The third kappa shape index (κ3) is 3.35. The third-order valence-electron chi connectivity index (χ3n) is 3.41. The maximum absolute atomic E-state index is 13.9. The van der Waals surface area contributed by atoms with Gasteiger partial charge in [0.15, 0.2) is 10.9 Å². The van der Waals surface area contributed by atoms with Crippen LogP contribution in [0.4, 0.5) is 8.78 Å². The lowest BCUT2D eigenvalue weighted by molar-refractivity contribution is 0.0994. The maximum atomic E-state index is 13.9. The van der Waals surface area contributed by atoms with E-state index < -0.39 is 16.9 Å². The van der Waals surface area contributed by atoms with Gasteiger partial charge in [0.2, 0.25) is 0 Å². The van der Waals surface area contributed by atoms with E-state index in [0.29, 0.717) is 16.4 Å². The van der Waals surface area contributed by atoms with Gasteiger partial charge in [0, 0.05) is 5.56 Å². The summed E-state index contributed by atoms with van der Waals surface area (Å²) in [5.41, 5.74) is 0.722. The molecule has 1 atom stereocenters. The lowest BCUT2D eigenvalue weighted by Crippen LogP contribution is -2.14. The zero-order valence-corrected chi connectivity index (χ0v) is 13.5. The van der Waals surface area contributed by atoms with Gasteiger partial charge in [0.1, 0.15) is 18.0 Å². The Labute approximate surface area is 141 Å². The molecule has 122 valence electrons.